The van der Waals surface area contributed by atoms with Gasteiger partial charge in [-0.1, -0.05) is 23.8 Å². The van der Waals surface area contributed by atoms with Crippen LogP contribution in [0.15, 0.2) is 36.4 Å². The molecule has 3 rings (SSSR count). The number of alkyl halides is 3. The number of piperazine rings is 1. The van der Waals surface area contributed by atoms with Crippen LogP contribution >= 0.6 is 0 Å². The highest BCUT2D eigenvalue weighted by Crippen LogP contribution is 2.37. The molecule has 0 saturated carbocycles. The van der Waals surface area contributed by atoms with Gasteiger partial charge < -0.3 is 15.1 Å². The molecule has 0 unspecified atom stereocenters. The third-order valence-corrected chi connectivity index (χ3v) is 5.57. The summed E-state index contributed by atoms with van der Waals surface area (Å²) in [6.45, 7) is 6.92. The summed E-state index contributed by atoms with van der Waals surface area (Å²) in [5, 5.41) is 2.47. The topological polar surface area (TPSA) is 35.6 Å². The number of benzene rings is 2. The number of nitrogens with zero attached hydrogens (tertiary/aromatic N) is 2. The number of rotatable bonds is 5. The lowest BCUT2D eigenvalue weighted by Crippen LogP contribution is -2.44. The molecule has 0 bridgehead atoms. The Kier molecular flexibility index (Phi) is 6.71. The van der Waals surface area contributed by atoms with Crippen molar-refractivity contribution in [2.24, 2.45) is 0 Å². The Balaban J connectivity index is 1.71. The minimum atomic E-state index is -4.54. The van der Waals surface area contributed by atoms with Crippen molar-refractivity contribution >= 4 is 17.3 Å². The van der Waals surface area contributed by atoms with Crippen LogP contribution in [0.1, 0.15) is 28.7 Å². The largest absolute Gasteiger partial charge is 0.418 e. The minimum absolute atomic E-state index is 0.126. The Hall–Kier alpha value is -2.54. The van der Waals surface area contributed by atoms with Crippen LogP contribution in [0.25, 0.3) is 0 Å². The summed E-state index contributed by atoms with van der Waals surface area (Å²) >= 11 is 0. The molecule has 1 saturated heterocycles. The van der Waals surface area contributed by atoms with Gasteiger partial charge >= 0.3 is 6.18 Å². The average Bonchev–Trinajstić information content (AvgIpc) is 2.67. The Morgan fingerprint density at radius 3 is 2.37 bits per heavy atom. The molecule has 1 amide bonds. The normalized spacial score (nSPS) is 15.3. The molecule has 1 fully saturated rings. The zero-order valence-corrected chi connectivity index (χ0v) is 17.6. The van der Waals surface area contributed by atoms with Gasteiger partial charge in [0.2, 0.25) is 5.91 Å². The van der Waals surface area contributed by atoms with Crippen molar-refractivity contribution in [2.75, 3.05) is 43.4 Å². The number of hydrogen-bond donors (Lipinski definition) is 1. The molecular formula is C23H28F3N3O. The predicted molar refractivity (Wildman–Crippen MR) is 114 cm³/mol. The number of carbonyl (C=O) groups excluding carboxylic acids is 1. The van der Waals surface area contributed by atoms with Gasteiger partial charge in [0.05, 0.1) is 11.3 Å². The summed E-state index contributed by atoms with van der Waals surface area (Å²) in [6.07, 6.45) is -3.93. The highest BCUT2D eigenvalue weighted by Gasteiger charge is 2.35. The number of carbonyl (C=O) groups is 1. The minimum Gasteiger partial charge on any atom is -0.369 e. The molecule has 7 heteroatoms. The van der Waals surface area contributed by atoms with Gasteiger partial charge in [0.15, 0.2) is 0 Å². The van der Waals surface area contributed by atoms with Crippen molar-refractivity contribution in [1.29, 1.82) is 0 Å². The summed E-state index contributed by atoms with van der Waals surface area (Å²) < 4.78 is 41.0. The fourth-order valence-corrected chi connectivity index (χ4v) is 3.72. The Morgan fingerprint density at radius 2 is 1.73 bits per heavy atom. The van der Waals surface area contributed by atoms with Crippen molar-refractivity contribution in [3.05, 3.63) is 58.7 Å². The first-order chi connectivity index (χ1) is 14.1. The molecule has 0 aliphatic carbocycles. The first kappa shape index (κ1) is 22.2. The maximum absolute atomic E-state index is 13.7. The summed E-state index contributed by atoms with van der Waals surface area (Å²) in [6, 6.07) is 10.1. The second-order valence-electron chi connectivity index (χ2n) is 8.00. The molecule has 0 spiro atoms. The summed E-state index contributed by atoms with van der Waals surface area (Å²) in [7, 11) is 2.00. The molecule has 0 aromatic heterocycles. The average molecular weight is 419 g/mol. The van der Waals surface area contributed by atoms with Gasteiger partial charge in [0, 0.05) is 38.3 Å². The summed E-state index contributed by atoms with van der Waals surface area (Å²) in [5.41, 5.74) is 2.77. The number of anilines is 2. The highest BCUT2D eigenvalue weighted by atomic mass is 19.4. The Bertz CT molecular complexity index is 903. The van der Waals surface area contributed by atoms with E-state index in [1.807, 2.05) is 44.0 Å². The van der Waals surface area contributed by atoms with Crippen LogP contribution in [0.5, 0.6) is 0 Å². The van der Waals surface area contributed by atoms with E-state index in [-0.39, 0.29) is 12.1 Å². The van der Waals surface area contributed by atoms with E-state index in [0.717, 1.165) is 35.8 Å². The molecule has 2 aromatic rings. The first-order valence-electron chi connectivity index (χ1n) is 10.1. The van der Waals surface area contributed by atoms with Crippen molar-refractivity contribution in [2.45, 2.75) is 32.9 Å². The molecule has 1 aliphatic rings. The zero-order valence-electron chi connectivity index (χ0n) is 17.6. The van der Waals surface area contributed by atoms with E-state index >= 15 is 0 Å². The molecular weight excluding hydrogens is 391 g/mol. The van der Waals surface area contributed by atoms with Crippen LogP contribution in [0.2, 0.25) is 0 Å². The van der Waals surface area contributed by atoms with Gasteiger partial charge in [-0.05, 0) is 56.6 Å². The molecule has 1 N–H and O–H groups in total. The number of likely N-dealkylation sites (N-methyl/N-ethyl adjacent to an activating group) is 1. The number of halogens is 3. The quantitative estimate of drug-likeness (QED) is 0.767. The van der Waals surface area contributed by atoms with Gasteiger partial charge in [0.1, 0.15) is 0 Å². The van der Waals surface area contributed by atoms with Crippen molar-refractivity contribution in [1.82, 2.24) is 4.90 Å². The monoisotopic (exact) mass is 419 g/mol. The number of amides is 1. The number of hydrogen-bond acceptors (Lipinski definition) is 3. The lowest BCUT2D eigenvalue weighted by Gasteiger charge is -2.34. The van der Waals surface area contributed by atoms with Gasteiger partial charge in [-0.15, -0.1) is 0 Å². The highest BCUT2D eigenvalue weighted by molar-refractivity contribution is 5.92. The molecule has 1 heterocycles. The Labute approximate surface area is 175 Å². The molecule has 0 atom stereocenters. The van der Waals surface area contributed by atoms with Crippen LogP contribution in [0.4, 0.5) is 24.5 Å². The second kappa shape index (κ2) is 9.08. The maximum Gasteiger partial charge on any atom is 0.418 e. The molecule has 162 valence electrons. The summed E-state index contributed by atoms with van der Waals surface area (Å²) in [4.78, 5) is 16.5. The number of nitrogens with one attached hydrogen (secondary N) is 1. The van der Waals surface area contributed by atoms with E-state index in [1.54, 1.807) is 6.07 Å². The lowest BCUT2D eigenvalue weighted by molar-refractivity contribution is -0.136. The van der Waals surface area contributed by atoms with Gasteiger partial charge in [-0.3, -0.25) is 4.79 Å². The van der Waals surface area contributed by atoms with E-state index in [1.165, 1.54) is 6.07 Å². The smallest absolute Gasteiger partial charge is 0.369 e. The summed E-state index contributed by atoms with van der Waals surface area (Å²) in [5.74, 6) is -0.423. The molecule has 1 aliphatic heterocycles. The fraction of sp³-hybridized carbons (Fsp3) is 0.435. The molecule has 0 radical (unpaired) electrons. The van der Waals surface area contributed by atoms with E-state index in [4.69, 9.17) is 0 Å². The third-order valence-electron chi connectivity index (χ3n) is 5.57. The van der Waals surface area contributed by atoms with E-state index in [2.05, 4.69) is 10.2 Å². The third kappa shape index (κ3) is 5.53. The van der Waals surface area contributed by atoms with Gasteiger partial charge in [-0.2, -0.15) is 13.2 Å². The first-order valence-corrected chi connectivity index (χ1v) is 10.1. The SMILES string of the molecule is Cc1ccc(CCC(=O)Nc2ccc(N3CCN(C)CC3)cc2C(F)(F)F)c(C)c1. The van der Waals surface area contributed by atoms with Crippen molar-refractivity contribution in [3.63, 3.8) is 0 Å². The lowest BCUT2D eigenvalue weighted by atomic mass is 10.0. The Morgan fingerprint density at radius 1 is 1.03 bits per heavy atom. The van der Waals surface area contributed by atoms with Crippen LogP contribution < -0.4 is 10.2 Å². The standard InChI is InChI=1S/C23H28F3N3O/c1-16-4-5-18(17(2)14-16)6-9-22(30)27-21-8-7-19(15-20(21)23(24,25)26)29-12-10-28(3)11-13-29/h4-5,7-8,14-15H,6,9-13H2,1-3H3,(H,27,30). The van der Waals surface area contributed by atoms with E-state index in [9.17, 15) is 18.0 Å². The van der Waals surface area contributed by atoms with Crippen molar-refractivity contribution < 1.29 is 18.0 Å². The van der Waals surface area contributed by atoms with Crippen LogP contribution in [-0.2, 0) is 17.4 Å². The van der Waals surface area contributed by atoms with Crippen LogP contribution in [0, 0.1) is 13.8 Å². The van der Waals surface area contributed by atoms with Gasteiger partial charge in [0.25, 0.3) is 0 Å². The molecule has 30 heavy (non-hydrogen) atoms. The zero-order chi connectivity index (χ0) is 21.9. The van der Waals surface area contributed by atoms with Crippen LogP contribution in [0.3, 0.4) is 0 Å². The predicted octanol–water partition coefficient (Wildman–Crippen LogP) is 4.65. The second-order valence-corrected chi connectivity index (χ2v) is 8.00. The van der Waals surface area contributed by atoms with E-state index < -0.39 is 17.6 Å². The molecule has 2 aromatic carbocycles. The number of aryl methyl sites for hydroxylation is 3. The fourth-order valence-electron chi connectivity index (χ4n) is 3.72. The molecule has 4 nitrogen and oxygen atoms in total. The van der Waals surface area contributed by atoms with Gasteiger partial charge in [-0.25, -0.2) is 0 Å². The van der Waals surface area contributed by atoms with E-state index in [0.29, 0.717) is 25.2 Å². The van der Waals surface area contributed by atoms with Crippen LogP contribution in [-0.4, -0.2) is 44.0 Å². The van der Waals surface area contributed by atoms with Crippen molar-refractivity contribution in [3.8, 4) is 0 Å². The maximum atomic E-state index is 13.7.